The van der Waals surface area contributed by atoms with Gasteiger partial charge in [0.2, 0.25) is 0 Å². The second-order valence-electron chi connectivity index (χ2n) is 8.01. The van der Waals surface area contributed by atoms with Crippen molar-refractivity contribution in [1.29, 1.82) is 0 Å². The Morgan fingerprint density at radius 2 is 0.903 bits per heavy atom. The topological polar surface area (TPSA) is 0 Å². The number of benzene rings is 4. The predicted octanol–water partition coefficient (Wildman–Crippen LogP) is 8.64. The van der Waals surface area contributed by atoms with E-state index in [1.165, 1.54) is 39.0 Å². The zero-order valence-corrected chi connectivity index (χ0v) is 18.9. The van der Waals surface area contributed by atoms with Gasteiger partial charge in [0.1, 0.15) is 0 Å². The number of hydrogen-bond acceptors (Lipinski definition) is 0. The molecule has 156 valence electrons. The molecule has 0 aliphatic carbocycles. The van der Waals surface area contributed by atoms with E-state index in [1.54, 1.807) is 0 Å². The van der Waals surface area contributed by atoms with Crippen LogP contribution in [-0.2, 0) is 12.8 Å². The van der Waals surface area contributed by atoms with Crippen LogP contribution in [0.4, 0.5) is 0 Å². The van der Waals surface area contributed by atoms with Crippen LogP contribution in [0.5, 0.6) is 0 Å². The SMILES string of the molecule is CC(C)=C(C)c1ccccc1-c1ccccc1.c1ccc(CCc2ccccc2)cc1. The molecular weight excluding hydrogens is 372 g/mol. The Hall–Kier alpha value is -3.38. The molecule has 0 unspecified atom stereocenters. The number of aryl methyl sites for hydroxylation is 2. The van der Waals surface area contributed by atoms with Crippen LogP contribution in [0, 0.1) is 0 Å². The molecule has 31 heavy (non-hydrogen) atoms. The van der Waals surface area contributed by atoms with Gasteiger partial charge in [-0.25, -0.2) is 0 Å². The molecule has 0 saturated carbocycles. The van der Waals surface area contributed by atoms with E-state index in [9.17, 15) is 0 Å². The highest BCUT2D eigenvalue weighted by Crippen LogP contribution is 2.29. The van der Waals surface area contributed by atoms with Crippen molar-refractivity contribution < 1.29 is 0 Å². The number of hydrogen-bond donors (Lipinski definition) is 0. The zero-order chi connectivity index (χ0) is 21.9. The van der Waals surface area contributed by atoms with Crippen molar-refractivity contribution in [2.24, 2.45) is 0 Å². The Bertz CT molecular complexity index is 1030. The maximum Gasteiger partial charge on any atom is -0.0109 e. The molecule has 0 spiro atoms. The van der Waals surface area contributed by atoms with Gasteiger partial charge >= 0.3 is 0 Å². The van der Waals surface area contributed by atoms with E-state index in [2.05, 4.69) is 136 Å². The van der Waals surface area contributed by atoms with Crippen molar-refractivity contribution in [3.63, 3.8) is 0 Å². The minimum atomic E-state index is 1.13. The zero-order valence-electron chi connectivity index (χ0n) is 18.9. The summed E-state index contributed by atoms with van der Waals surface area (Å²) in [7, 11) is 0. The molecule has 0 heteroatoms. The van der Waals surface area contributed by atoms with E-state index < -0.39 is 0 Å². The molecule has 0 aliphatic rings. The lowest BCUT2D eigenvalue weighted by Crippen LogP contribution is -1.89. The van der Waals surface area contributed by atoms with Crippen molar-refractivity contribution in [2.75, 3.05) is 0 Å². The second-order valence-corrected chi connectivity index (χ2v) is 8.01. The molecule has 0 heterocycles. The molecule has 4 aromatic rings. The first-order chi connectivity index (χ1) is 15.1. The van der Waals surface area contributed by atoms with E-state index in [1.807, 2.05) is 0 Å². The molecule has 0 radical (unpaired) electrons. The van der Waals surface area contributed by atoms with E-state index >= 15 is 0 Å². The van der Waals surface area contributed by atoms with Crippen LogP contribution < -0.4 is 0 Å². The smallest absolute Gasteiger partial charge is 0.0109 e. The first-order valence-corrected chi connectivity index (χ1v) is 11.0. The molecule has 0 bridgehead atoms. The fourth-order valence-electron chi connectivity index (χ4n) is 3.53. The van der Waals surface area contributed by atoms with Gasteiger partial charge in [0.05, 0.1) is 0 Å². The summed E-state index contributed by atoms with van der Waals surface area (Å²) in [4.78, 5) is 0. The quantitative estimate of drug-likeness (QED) is 0.312. The molecule has 0 N–H and O–H groups in total. The standard InChI is InChI=1S/C17H18.C14H14/c1-13(2)14(3)16-11-7-8-12-17(16)15-9-5-4-6-10-15;1-3-7-13(8-4-1)11-12-14-9-5-2-6-10-14/h4-12H,1-3H3;1-10H,11-12H2. The van der Waals surface area contributed by atoms with Crippen LogP contribution in [0.2, 0.25) is 0 Å². The fraction of sp³-hybridized carbons (Fsp3) is 0.161. The van der Waals surface area contributed by atoms with Crippen molar-refractivity contribution in [2.45, 2.75) is 33.6 Å². The lowest BCUT2D eigenvalue weighted by Gasteiger charge is -2.11. The summed E-state index contributed by atoms with van der Waals surface area (Å²) >= 11 is 0. The van der Waals surface area contributed by atoms with Crippen LogP contribution in [0.25, 0.3) is 16.7 Å². The van der Waals surface area contributed by atoms with Crippen LogP contribution in [-0.4, -0.2) is 0 Å². The molecule has 0 amide bonds. The largest absolute Gasteiger partial charge is 0.0729 e. The average Bonchev–Trinajstić information content (AvgIpc) is 2.84. The lowest BCUT2D eigenvalue weighted by molar-refractivity contribution is 0.960. The Kier molecular flexibility index (Phi) is 8.43. The van der Waals surface area contributed by atoms with Gasteiger partial charge in [-0.3, -0.25) is 0 Å². The van der Waals surface area contributed by atoms with Gasteiger partial charge in [-0.1, -0.05) is 121 Å². The summed E-state index contributed by atoms with van der Waals surface area (Å²) < 4.78 is 0. The van der Waals surface area contributed by atoms with Gasteiger partial charge < -0.3 is 0 Å². The Labute approximate surface area is 187 Å². The summed E-state index contributed by atoms with van der Waals surface area (Å²) in [5.41, 5.74) is 9.49. The first kappa shape index (κ1) is 22.3. The highest BCUT2D eigenvalue weighted by molar-refractivity contribution is 5.81. The molecule has 4 rings (SSSR count). The van der Waals surface area contributed by atoms with Crippen LogP contribution in [0.15, 0.2) is 121 Å². The summed E-state index contributed by atoms with van der Waals surface area (Å²) in [6.45, 7) is 6.52. The summed E-state index contributed by atoms with van der Waals surface area (Å²) in [6, 6.07) is 40.4. The monoisotopic (exact) mass is 404 g/mol. The van der Waals surface area contributed by atoms with Crippen molar-refractivity contribution >= 4 is 5.57 Å². The summed E-state index contributed by atoms with van der Waals surface area (Å²) in [5.74, 6) is 0. The van der Waals surface area contributed by atoms with Gasteiger partial charge in [0.25, 0.3) is 0 Å². The molecule has 0 fully saturated rings. The summed E-state index contributed by atoms with van der Waals surface area (Å²) in [6.07, 6.45) is 2.26. The predicted molar refractivity (Wildman–Crippen MR) is 136 cm³/mol. The number of rotatable bonds is 5. The molecule has 4 aromatic carbocycles. The third-order valence-electron chi connectivity index (χ3n) is 5.55. The molecule has 0 atom stereocenters. The van der Waals surface area contributed by atoms with Crippen LogP contribution in [0.1, 0.15) is 37.5 Å². The normalized spacial score (nSPS) is 10.0. The minimum Gasteiger partial charge on any atom is -0.0729 e. The molecular formula is C31H32. The Balaban J connectivity index is 0.000000179. The van der Waals surface area contributed by atoms with E-state index in [0.717, 1.165) is 12.8 Å². The summed E-state index contributed by atoms with van der Waals surface area (Å²) in [5, 5.41) is 0. The fourth-order valence-corrected chi connectivity index (χ4v) is 3.53. The van der Waals surface area contributed by atoms with Crippen molar-refractivity contribution in [3.8, 4) is 11.1 Å². The maximum atomic E-state index is 2.20. The van der Waals surface area contributed by atoms with Gasteiger partial charge in [-0.2, -0.15) is 0 Å². The molecule has 0 nitrogen and oxygen atoms in total. The van der Waals surface area contributed by atoms with Crippen molar-refractivity contribution in [3.05, 3.63) is 138 Å². The van der Waals surface area contributed by atoms with Crippen LogP contribution in [0.3, 0.4) is 0 Å². The Morgan fingerprint density at radius 1 is 0.484 bits per heavy atom. The highest BCUT2D eigenvalue weighted by Gasteiger charge is 2.06. The third-order valence-corrected chi connectivity index (χ3v) is 5.55. The molecule has 0 aliphatic heterocycles. The van der Waals surface area contributed by atoms with Gasteiger partial charge in [0, 0.05) is 0 Å². The van der Waals surface area contributed by atoms with Gasteiger partial charge in [0.15, 0.2) is 0 Å². The average molecular weight is 405 g/mol. The molecule has 0 saturated heterocycles. The minimum absolute atomic E-state index is 1.13. The van der Waals surface area contributed by atoms with E-state index in [0.29, 0.717) is 0 Å². The third kappa shape index (κ3) is 6.83. The lowest BCUT2D eigenvalue weighted by atomic mass is 9.93. The van der Waals surface area contributed by atoms with E-state index in [4.69, 9.17) is 0 Å². The van der Waals surface area contributed by atoms with E-state index in [-0.39, 0.29) is 0 Å². The second kappa shape index (κ2) is 11.7. The van der Waals surface area contributed by atoms with Gasteiger partial charge in [-0.05, 0) is 67.0 Å². The highest BCUT2D eigenvalue weighted by atomic mass is 14.1. The maximum absolute atomic E-state index is 2.20. The Morgan fingerprint density at radius 3 is 1.39 bits per heavy atom. The van der Waals surface area contributed by atoms with Crippen LogP contribution >= 0.6 is 0 Å². The van der Waals surface area contributed by atoms with Crippen molar-refractivity contribution in [1.82, 2.24) is 0 Å². The number of allylic oxidation sites excluding steroid dienone is 2. The molecule has 0 aromatic heterocycles. The van der Waals surface area contributed by atoms with Gasteiger partial charge in [-0.15, -0.1) is 0 Å². The first-order valence-electron chi connectivity index (χ1n) is 11.0.